The van der Waals surface area contributed by atoms with E-state index in [9.17, 15) is 18.0 Å². The fourth-order valence-corrected chi connectivity index (χ4v) is 3.88. The lowest BCUT2D eigenvalue weighted by Gasteiger charge is -2.12. The van der Waals surface area contributed by atoms with Crippen molar-refractivity contribution in [3.05, 3.63) is 69.5 Å². The van der Waals surface area contributed by atoms with Crippen LogP contribution in [-0.4, -0.2) is 26.4 Å². The van der Waals surface area contributed by atoms with Crippen LogP contribution in [0.1, 0.15) is 23.9 Å². The molecule has 0 fully saturated rings. The predicted molar refractivity (Wildman–Crippen MR) is 116 cm³/mol. The zero-order valence-corrected chi connectivity index (χ0v) is 18.5. The molecule has 5 nitrogen and oxygen atoms in total. The standard InChI is InChI=1S/C20H17Cl2F3N4OS/c1-2-29-17(9-12-3-6-14(21)7-4-12)27-28-19(29)31-11-18(30)26-16-10-13(20(23,24)25)5-8-15(16)22/h3-8,10H,2,9,11H2,1H3,(H,26,30). The first-order chi connectivity index (χ1) is 14.7. The summed E-state index contributed by atoms with van der Waals surface area (Å²) < 4.78 is 40.5. The maximum absolute atomic E-state index is 12.9. The van der Waals surface area contributed by atoms with E-state index >= 15 is 0 Å². The number of amides is 1. The highest BCUT2D eigenvalue weighted by molar-refractivity contribution is 7.99. The van der Waals surface area contributed by atoms with Crippen LogP contribution < -0.4 is 5.32 Å². The smallest absolute Gasteiger partial charge is 0.324 e. The van der Waals surface area contributed by atoms with Gasteiger partial charge in [0.05, 0.1) is 22.0 Å². The van der Waals surface area contributed by atoms with Gasteiger partial charge in [0.1, 0.15) is 5.82 Å². The summed E-state index contributed by atoms with van der Waals surface area (Å²) in [7, 11) is 0. The van der Waals surface area contributed by atoms with Crippen molar-refractivity contribution >= 4 is 46.6 Å². The number of benzene rings is 2. The van der Waals surface area contributed by atoms with Gasteiger partial charge in [-0.05, 0) is 42.8 Å². The Labute approximate surface area is 190 Å². The normalized spacial score (nSPS) is 11.5. The number of nitrogens with one attached hydrogen (secondary N) is 1. The Hall–Kier alpha value is -2.23. The van der Waals surface area contributed by atoms with E-state index in [2.05, 4.69) is 15.5 Å². The Morgan fingerprint density at radius 3 is 2.48 bits per heavy atom. The van der Waals surface area contributed by atoms with Gasteiger partial charge in [-0.2, -0.15) is 13.2 Å². The van der Waals surface area contributed by atoms with Gasteiger partial charge in [-0.25, -0.2) is 0 Å². The van der Waals surface area contributed by atoms with Crippen molar-refractivity contribution in [2.45, 2.75) is 31.2 Å². The summed E-state index contributed by atoms with van der Waals surface area (Å²) in [6.07, 6.45) is -3.98. The molecular weight excluding hydrogens is 472 g/mol. The molecule has 164 valence electrons. The third-order valence-corrected chi connectivity index (χ3v) is 5.83. The summed E-state index contributed by atoms with van der Waals surface area (Å²) in [5, 5.41) is 12.0. The number of thioether (sulfide) groups is 1. The van der Waals surface area contributed by atoms with E-state index in [-0.39, 0.29) is 16.5 Å². The highest BCUT2D eigenvalue weighted by Crippen LogP contribution is 2.34. The lowest BCUT2D eigenvalue weighted by atomic mass is 10.1. The second kappa shape index (κ2) is 9.93. The lowest BCUT2D eigenvalue weighted by molar-refractivity contribution is -0.137. The molecular formula is C20H17Cl2F3N4OS. The zero-order valence-electron chi connectivity index (χ0n) is 16.2. The topological polar surface area (TPSA) is 59.8 Å². The lowest BCUT2D eigenvalue weighted by Crippen LogP contribution is -2.16. The molecule has 0 saturated heterocycles. The average molecular weight is 489 g/mol. The number of alkyl halides is 3. The molecule has 0 saturated carbocycles. The number of nitrogens with zero attached hydrogens (tertiary/aromatic N) is 3. The molecule has 11 heteroatoms. The summed E-state index contributed by atoms with van der Waals surface area (Å²) >= 11 is 13.0. The summed E-state index contributed by atoms with van der Waals surface area (Å²) in [5.74, 6) is 0.163. The Kier molecular flexibility index (Phi) is 7.51. The van der Waals surface area contributed by atoms with Gasteiger partial charge in [0.2, 0.25) is 5.91 Å². The number of hydrogen-bond donors (Lipinski definition) is 1. The molecule has 1 heterocycles. The van der Waals surface area contributed by atoms with Gasteiger partial charge < -0.3 is 9.88 Å². The Morgan fingerprint density at radius 1 is 1.13 bits per heavy atom. The van der Waals surface area contributed by atoms with Crippen LogP contribution in [0.3, 0.4) is 0 Å². The Bertz CT molecular complexity index is 1070. The van der Waals surface area contributed by atoms with E-state index in [0.717, 1.165) is 41.3 Å². The number of aromatic nitrogens is 3. The van der Waals surface area contributed by atoms with Crippen molar-refractivity contribution in [1.29, 1.82) is 0 Å². The molecule has 0 bridgehead atoms. The number of anilines is 1. The molecule has 1 N–H and O–H groups in total. The van der Waals surface area contributed by atoms with Crippen LogP contribution in [0.15, 0.2) is 47.6 Å². The minimum absolute atomic E-state index is 0.0216. The van der Waals surface area contributed by atoms with Crippen LogP contribution in [0.25, 0.3) is 0 Å². The third-order valence-electron chi connectivity index (χ3n) is 4.29. The minimum Gasteiger partial charge on any atom is -0.324 e. The van der Waals surface area contributed by atoms with Gasteiger partial charge in [0.25, 0.3) is 0 Å². The largest absolute Gasteiger partial charge is 0.416 e. The molecule has 2 aromatic carbocycles. The van der Waals surface area contributed by atoms with Gasteiger partial charge in [-0.15, -0.1) is 10.2 Å². The van der Waals surface area contributed by atoms with Crippen LogP contribution in [0.2, 0.25) is 10.0 Å². The van der Waals surface area contributed by atoms with E-state index in [4.69, 9.17) is 23.2 Å². The summed E-state index contributed by atoms with van der Waals surface area (Å²) in [6, 6.07) is 10.2. The van der Waals surface area contributed by atoms with Gasteiger partial charge in [-0.3, -0.25) is 4.79 Å². The molecule has 31 heavy (non-hydrogen) atoms. The molecule has 1 amide bonds. The number of halogens is 5. The van der Waals surface area contributed by atoms with E-state index in [1.165, 1.54) is 0 Å². The highest BCUT2D eigenvalue weighted by atomic mass is 35.5. The quantitative estimate of drug-likeness (QED) is 0.417. The van der Waals surface area contributed by atoms with E-state index in [1.54, 1.807) is 12.1 Å². The molecule has 0 spiro atoms. The SMILES string of the molecule is CCn1c(Cc2ccc(Cl)cc2)nnc1SCC(=O)Nc1cc(C(F)(F)F)ccc1Cl. The third kappa shape index (κ3) is 6.15. The monoisotopic (exact) mass is 488 g/mol. The Balaban J connectivity index is 1.65. The number of rotatable bonds is 7. The molecule has 0 unspecified atom stereocenters. The van der Waals surface area contributed by atoms with Crippen molar-refractivity contribution in [2.24, 2.45) is 0 Å². The van der Waals surface area contributed by atoms with Gasteiger partial charge in [0, 0.05) is 18.0 Å². The molecule has 0 aliphatic rings. The fraction of sp³-hybridized carbons (Fsp3) is 0.250. The second-order valence-corrected chi connectivity index (χ2v) is 8.26. The molecule has 0 radical (unpaired) electrons. The van der Waals surface area contributed by atoms with Crippen LogP contribution in [0.5, 0.6) is 0 Å². The number of carbonyl (C=O) groups is 1. The fourth-order valence-electron chi connectivity index (χ4n) is 2.77. The van der Waals surface area contributed by atoms with Crippen molar-refractivity contribution in [3.8, 4) is 0 Å². The summed E-state index contributed by atoms with van der Waals surface area (Å²) in [6.45, 7) is 2.53. The summed E-state index contributed by atoms with van der Waals surface area (Å²) in [4.78, 5) is 12.3. The first-order valence-electron chi connectivity index (χ1n) is 9.13. The minimum atomic E-state index is -4.53. The predicted octanol–water partition coefficient (Wildman–Crippen LogP) is 5.95. The Morgan fingerprint density at radius 2 is 1.84 bits per heavy atom. The first-order valence-corrected chi connectivity index (χ1v) is 10.9. The van der Waals surface area contributed by atoms with Crippen LogP contribution >= 0.6 is 35.0 Å². The van der Waals surface area contributed by atoms with E-state index in [1.807, 2.05) is 23.6 Å². The highest BCUT2D eigenvalue weighted by Gasteiger charge is 2.31. The molecule has 3 aromatic rings. The van der Waals surface area contributed by atoms with Crippen LogP contribution in [-0.2, 0) is 23.9 Å². The van der Waals surface area contributed by atoms with Gasteiger partial charge >= 0.3 is 6.18 Å². The zero-order chi connectivity index (χ0) is 22.6. The maximum atomic E-state index is 12.9. The molecule has 3 rings (SSSR count). The maximum Gasteiger partial charge on any atom is 0.416 e. The van der Waals surface area contributed by atoms with Crippen molar-refractivity contribution in [3.63, 3.8) is 0 Å². The first kappa shape index (κ1) is 23.4. The average Bonchev–Trinajstić information content (AvgIpc) is 3.10. The van der Waals surface area contributed by atoms with Gasteiger partial charge in [-0.1, -0.05) is 47.1 Å². The second-order valence-electron chi connectivity index (χ2n) is 6.48. The van der Waals surface area contributed by atoms with Crippen LogP contribution in [0, 0.1) is 0 Å². The molecule has 1 aromatic heterocycles. The molecule has 0 atom stereocenters. The number of carbonyl (C=O) groups excluding carboxylic acids is 1. The summed E-state index contributed by atoms with van der Waals surface area (Å²) in [5.41, 5.74) is 0.0277. The van der Waals surface area contributed by atoms with E-state index < -0.39 is 17.6 Å². The van der Waals surface area contributed by atoms with Crippen molar-refractivity contribution in [1.82, 2.24) is 14.8 Å². The van der Waals surface area contributed by atoms with Gasteiger partial charge in [0.15, 0.2) is 5.16 Å². The molecule has 0 aliphatic heterocycles. The van der Waals surface area contributed by atoms with Crippen molar-refractivity contribution < 1.29 is 18.0 Å². The van der Waals surface area contributed by atoms with E-state index in [0.29, 0.717) is 23.1 Å². The number of hydrogen-bond acceptors (Lipinski definition) is 4. The van der Waals surface area contributed by atoms with Crippen molar-refractivity contribution in [2.75, 3.05) is 11.1 Å². The molecule has 0 aliphatic carbocycles. The van der Waals surface area contributed by atoms with Crippen LogP contribution in [0.4, 0.5) is 18.9 Å².